The molecule has 6 nitrogen and oxygen atoms in total. The summed E-state index contributed by atoms with van der Waals surface area (Å²) in [6.45, 7) is 2.62. The van der Waals surface area contributed by atoms with Crippen molar-refractivity contribution in [2.75, 3.05) is 23.4 Å². The van der Waals surface area contributed by atoms with Gasteiger partial charge in [-0.25, -0.2) is 4.79 Å². The molecule has 3 rings (SSSR count). The molecule has 2 aromatic rings. The lowest BCUT2D eigenvalue weighted by molar-refractivity contribution is -0.122. The predicted octanol–water partition coefficient (Wildman–Crippen LogP) is 4.94. The van der Waals surface area contributed by atoms with E-state index >= 15 is 0 Å². The second-order valence-electron chi connectivity index (χ2n) is 7.06. The Morgan fingerprint density at radius 1 is 1.17 bits per heavy atom. The molecule has 8 heteroatoms. The molecule has 0 aliphatic carbocycles. The number of benzene rings is 2. The zero-order valence-corrected chi connectivity index (χ0v) is 18.0. The molecule has 0 unspecified atom stereocenters. The number of unbranched alkanes of at least 4 members (excludes halogenated alkanes) is 1. The fraction of sp³-hybridized carbons (Fsp3) is 0.318. The van der Waals surface area contributed by atoms with Crippen molar-refractivity contribution in [2.24, 2.45) is 5.92 Å². The average Bonchev–Trinajstić information content (AvgIpc) is 3.12. The first-order chi connectivity index (χ1) is 14.4. The van der Waals surface area contributed by atoms with E-state index in [4.69, 9.17) is 27.9 Å². The van der Waals surface area contributed by atoms with E-state index in [1.807, 2.05) is 6.92 Å². The van der Waals surface area contributed by atoms with Crippen LogP contribution in [0.25, 0.3) is 0 Å². The van der Waals surface area contributed by atoms with Crippen LogP contribution in [0.3, 0.4) is 0 Å². The van der Waals surface area contributed by atoms with Gasteiger partial charge >= 0.3 is 5.97 Å². The van der Waals surface area contributed by atoms with Gasteiger partial charge in [0.05, 0.1) is 28.8 Å². The maximum Gasteiger partial charge on any atom is 0.338 e. The molecule has 2 aromatic carbocycles. The van der Waals surface area contributed by atoms with Crippen LogP contribution >= 0.6 is 23.2 Å². The molecule has 30 heavy (non-hydrogen) atoms. The Hall–Kier alpha value is -2.57. The third kappa shape index (κ3) is 5.32. The average molecular weight is 449 g/mol. The summed E-state index contributed by atoms with van der Waals surface area (Å²) in [5.74, 6) is -1.38. The Labute approximate surface area is 185 Å². The van der Waals surface area contributed by atoms with Gasteiger partial charge in [-0.05, 0) is 48.9 Å². The lowest BCUT2D eigenvalue weighted by atomic mass is 10.1. The van der Waals surface area contributed by atoms with Gasteiger partial charge in [0.25, 0.3) is 0 Å². The minimum Gasteiger partial charge on any atom is -0.462 e. The molecule has 0 radical (unpaired) electrons. The third-order valence-electron chi connectivity index (χ3n) is 4.81. The Balaban J connectivity index is 1.60. The molecule has 0 aromatic heterocycles. The Bertz CT molecular complexity index is 947. The molecule has 1 N–H and O–H groups in total. The molecule has 2 amide bonds. The van der Waals surface area contributed by atoms with Gasteiger partial charge in [0.1, 0.15) is 0 Å². The number of hydrogen-bond acceptors (Lipinski definition) is 4. The predicted molar refractivity (Wildman–Crippen MR) is 117 cm³/mol. The molecule has 158 valence electrons. The highest BCUT2D eigenvalue weighted by Gasteiger charge is 2.36. The summed E-state index contributed by atoms with van der Waals surface area (Å²) < 4.78 is 5.16. The van der Waals surface area contributed by atoms with Gasteiger partial charge < -0.3 is 15.0 Å². The van der Waals surface area contributed by atoms with Crippen molar-refractivity contribution in [2.45, 2.75) is 26.2 Å². The van der Waals surface area contributed by atoms with Crippen molar-refractivity contribution in [1.29, 1.82) is 0 Å². The maximum absolute atomic E-state index is 12.6. The first kappa shape index (κ1) is 22.1. The third-order valence-corrected chi connectivity index (χ3v) is 5.37. The number of nitrogens with zero attached hydrogens (tertiary/aromatic N) is 1. The van der Waals surface area contributed by atoms with Crippen molar-refractivity contribution in [3.63, 3.8) is 0 Å². The van der Waals surface area contributed by atoms with Gasteiger partial charge in [0.15, 0.2) is 0 Å². The number of anilines is 2. The van der Waals surface area contributed by atoms with E-state index < -0.39 is 11.9 Å². The highest BCUT2D eigenvalue weighted by atomic mass is 35.5. The summed E-state index contributed by atoms with van der Waals surface area (Å²) in [4.78, 5) is 38.5. The zero-order valence-electron chi connectivity index (χ0n) is 16.5. The zero-order chi connectivity index (χ0) is 21.7. The van der Waals surface area contributed by atoms with Gasteiger partial charge in [-0.3, -0.25) is 9.59 Å². The summed E-state index contributed by atoms with van der Waals surface area (Å²) in [5, 5.41) is 3.65. The van der Waals surface area contributed by atoms with Crippen molar-refractivity contribution < 1.29 is 19.1 Å². The van der Waals surface area contributed by atoms with E-state index in [-0.39, 0.29) is 24.8 Å². The number of rotatable bonds is 7. The molecular weight excluding hydrogens is 427 g/mol. The van der Waals surface area contributed by atoms with Crippen molar-refractivity contribution in [3.05, 3.63) is 58.1 Å². The fourth-order valence-electron chi connectivity index (χ4n) is 3.14. The fourth-order valence-corrected chi connectivity index (χ4v) is 3.52. The number of carbonyl (C=O) groups is 3. The van der Waals surface area contributed by atoms with Crippen LogP contribution in [0.2, 0.25) is 10.0 Å². The summed E-state index contributed by atoms with van der Waals surface area (Å²) in [7, 11) is 0. The van der Waals surface area contributed by atoms with E-state index in [1.54, 1.807) is 42.5 Å². The first-order valence-corrected chi connectivity index (χ1v) is 10.5. The lowest BCUT2D eigenvalue weighted by Crippen LogP contribution is -2.28. The summed E-state index contributed by atoms with van der Waals surface area (Å²) >= 11 is 12.2. The minimum atomic E-state index is -0.522. The van der Waals surface area contributed by atoms with Crippen LogP contribution in [0, 0.1) is 5.92 Å². The summed E-state index contributed by atoms with van der Waals surface area (Å²) in [5.41, 5.74) is 1.45. The van der Waals surface area contributed by atoms with Crippen LogP contribution in [-0.4, -0.2) is 30.9 Å². The molecule has 1 aliphatic rings. The van der Waals surface area contributed by atoms with Crippen LogP contribution in [-0.2, 0) is 14.3 Å². The van der Waals surface area contributed by atoms with Crippen LogP contribution in [0.5, 0.6) is 0 Å². The Morgan fingerprint density at radius 2 is 1.90 bits per heavy atom. The number of amides is 2. The highest BCUT2D eigenvalue weighted by Crippen LogP contribution is 2.33. The molecule has 1 aliphatic heterocycles. The molecule has 1 atom stereocenters. The van der Waals surface area contributed by atoms with Crippen LogP contribution in [0.4, 0.5) is 11.4 Å². The number of ether oxygens (including phenoxy) is 1. The van der Waals surface area contributed by atoms with Gasteiger partial charge in [-0.1, -0.05) is 36.5 Å². The van der Waals surface area contributed by atoms with Crippen LogP contribution in [0.15, 0.2) is 42.5 Å². The monoisotopic (exact) mass is 448 g/mol. The molecule has 1 saturated heterocycles. The van der Waals surface area contributed by atoms with Gasteiger partial charge in [0.2, 0.25) is 11.8 Å². The molecule has 1 heterocycles. The quantitative estimate of drug-likeness (QED) is 0.480. The van der Waals surface area contributed by atoms with Gasteiger partial charge in [-0.15, -0.1) is 0 Å². The smallest absolute Gasteiger partial charge is 0.338 e. The summed E-state index contributed by atoms with van der Waals surface area (Å²) in [6.07, 6.45) is 1.84. The van der Waals surface area contributed by atoms with E-state index in [2.05, 4.69) is 5.32 Å². The Morgan fingerprint density at radius 3 is 2.60 bits per heavy atom. The normalized spacial score (nSPS) is 15.9. The number of nitrogens with one attached hydrogen (secondary N) is 1. The highest BCUT2D eigenvalue weighted by molar-refractivity contribution is 6.36. The summed E-state index contributed by atoms with van der Waals surface area (Å²) in [6, 6.07) is 11.3. The van der Waals surface area contributed by atoms with E-state index in [0.29, 0.717) is 33.6 Å². The lowest BCUT2D eigenvalue weighted by Gasteiger charge is -2.18. The first-order valence-electron chi connectivity index (χ1n) is 9.72. The van der Waals surface area contributed by atoms with Crippen LogP contribution in [0.1, 0.15) is 36.5 Å². The van der Waals surface area contributed by atoms with Crippen molar-refractivity contribution >= 4 is 52.4 Å². The molecule has 0 spiro atoms. The van der Waals surface area contributed by atoms with Crippen molar-refractivity contribution in [1.82, 2.24) is 0 Å². The maximum atomic E-state index is 12.6. The van der Waals surface area contributed by atoms with Gasteiger partial charge in [0, 0.05) is 23.7 Å². The SMILES string of the molecule is CCCCOC(=O)c1ccc(NC(=O)[C@H]2CC(=O)N(c3cc(Cl)ccc3Cl)C2)cc1. The molecule has 1 fully saturated rings. The number of halogens is 2. The van der Waals surface area contributed by atoms with E-state index in [9.17, 15) is 14.4 Å². The van der Waals surface area contributed by atoms with Crippen LogP contribution < -0.4 is 10.2 Å². The standard InChI is InChI=1S/C22H22Cl2N2O4/c1-2-3-10-30-22(29)14-4-7-17(8-5-14)25-21(28)15-11-20(27)26(13-15)19-12-16(23)6-9-18(19)24/h4-9,12,15H,2-3,10-11,13H2,1H3,(H,25,28)/t15-/m0/s1. The van der Waals surface area contributed by atoms with Crippen molar-refractivity contribution in [3.8, 4) is 0 Å². The second-order valence-corrected chi connectivity index (χ2v) is 7.90. The Kier molecular flexibility index (Phi) is 7.34. The topological polar surface area (TPSA) is 75.7 Å². The van der Waals surface area contributed by atoms with Gasteiger partial charge in [-0.2, -0.15) is 0 Å². The minimum absolute atomic E-state index is 0.0799. The molecule has 0 saturated carbocycles. The largest absolute Gasteiger partial charge is 0.462 e. The number of esters is 1. The molecule has 0 bridgehead atoms. The van der Waals surface area contributed by atoms with E-state index in [0.717, 1.165) is 12.8 Å². The number of carbonyl (C=O) groups excluding carboxylic acids is 3. The van der Waals surface area contributed by atoms with E-state index in [1.165, 1.54) is 4.90 Å². The second kappa shape index (κ2) is 9.96. The number of hydrogen-bond donors (Lipinski definition) is 1. The molecular formula is C22H22Cl2N2O4.